The van der Waals surface area contributed by atoms with Crippen molar-refractivity contribution >= 4 is 46.8 Å². The van der Waals surface area contributed by atoms with Crippen LogP contribution in [0.1, 0.15) is 65.8 Å². The summed E-state index contributed by atoms with van der Waals surface area (Å²) >= 11 is 12.7. The van der Waals surface area contributed by atoms with Crippen molar-refractivity contribution in [2.45, 2.75) is 52.1 Å². The van der Waals surface area contributed by atoms with Crippen molar-refractivity contribution in [3.63, 3.8) is 0 Å². The highest BCUT2D eigenvalue weighted by Crippen LogP contribution is 2.28. The monoisotopic (exact) mass is 517 g/mol. The van der Waals surface area contributed by atoms with E-state index in [0.717, 1.165) is 6.42 Å². The molecule has 0 saturated heterocycles. The number of fused-ring (bicyclic) bond motifs is 1. The van der Waals surface area contributed by atoms with E-state index in [1.165, 1.54) is 9.80 Å². The van der Waals surface area contributed by atoms with Gasteiger partial charge in [0.05, 0.1) is 11.1 Å². The molecule has 0 aromatic heterocycles. The minimum absolute atomic E-state index is 0.0486. The fourth-order valence-corrected chi connectivity index (χ4v) is 4.63. The van der Waals surface area contributed by atoms with Gasteiger partial charge in [-0.1, -0.05) is 55.2 Å². The molecule has 1 aliphatic heterocycles. The van der Waals surface area contributed by atoms with E-state index < -0.39 is 6.04 Å². The van der Waals surface area contributed by atoms with Crippen LogP contribution in [-0.4, -0.2) is 52.6 Å². The number of benzene rings is 2. The third kappa shape index (κ3) is 6.03. The van der Waals surface area contributed by atoms with Gasteiger partial charge in [-0.2, -0.15) is 0 Å². The summed E-state index contributed by atoms with van der Waals surface area (Å²) in [6.07, 6.45) is 1.49. The maximum atomic E-state index is 13.4. The lowest BCUT2D eigenvalue weighted by Gasteiger charge is -2.31. The van der Waals surface area contributed by atoms with Crippen LogP contribution in [0.15, 0.2) is 42.5 Å². The Morgan fingerprint density at radius 3 is 2.11 bits per heavy atom. The Morgan fingerprint density at radius 1 is 0.971 bits per heavy atom. The van der Waals surface area contributed by atoms with E-state index in [2.05, 4.69) is 5.32 Å². The standard InChI is InChI=1S/C26H29Cl2N3O4/c1-3-14-29-24(33)22(4-2)31(16-19-20(27)11-7-12-21(19)28)23(32)13-8-15-30-25(34)17-9-5-6-10-18(17)26(30)35/h5-7,9-12,22H,3-4,8,13-16H2,1-2H3,(H,29,33)/t22-/m0/s1. The van der Waals surface area contributed by atoms with Crippen molar-refractivity contribution in [3.05, 3.63) is 69.2 Å². The molecule has 0 radical (unpaired) electrons. The molecule has 35 heavy (non-hydrogen) atoms. The molecule has 2 aromatic carbocycles. The molecule has 0 spiro atoms. The Balaban J connectivity index is 1.74. The molecular formula is C26H29Cl2N3O4. The van der Waals surface area contributed by atoms with Gasteiger partial charge in [0, 0.05) is 41.7 Å². The molecule has 4 amide bonds. The number of halogens is 2. The van der Waals surface area contributed by atoms with Crippen LogP contribution in [0.2, 0.25) is 10.0 Å². The Kier molecular flexibility index (Phi) is 9.29. The minimum atomic E-state index is -0.708. The van der Waals surface area contributed by atoms with Gasteiger partial charge in [0.1, 0.15) is 6.04 Å². The van der Waals surface area contributed by atoms with E-state index in [9.17, 15) is 19.2 Å². The van der Waals surface area contributed by atoms with Gasteiger partial charge in [0.15, 0.2) is 0 Å². The SMILES string of the molecule is CCCNC(=O)[C@H](CC)N(Cc1c(Cl)cccc1Cl)C(=O)CCCN1C(=O)c2ccccc2C1=O. The molecule has 1 atom stereocenters. The number of hydrogen-bond acceptors (Lipinski definition) is 4. The van der Waals surface area contributed by atoms with Crippen molar-refractivity contribution in [1.29, 1.82) is 0 Å². The molecule has 9 heteroatoms. The normalized spacial score (nSPS) is 13.5. The zero-order chi connectivity index (χ0) is 25.5. The van der Waals surface area contributed by atoms with Crippen LogP contribution in [0, 0.1) is 0 Å². The highest BCUT2D eigenvalue weighted by Gasteiger charge is 2.35. The van der Waals surface area contributed by atoms with E-state index >= 15 is 0 Å². The number of nitrogens with one attached hydrogen (secondary N) is 1. The summed E-state index contributed by atoms with van der Waals surface area (Å²) in [7, 11) is 0. The molecule has 2 aromatic rings. The summed E-state index contributed by atoms with van der Waals surface area (Å²) < 4.78 is 0. The number of carbonyl (C=O) groups is 4. The molecule has 1 aliphatic rings. The van der Waals surface area contributed by atoms with Crippen LogP contribution in [0.3, 0.4) is 0 Å². The number of nitrogens with zero attached hydrogens (tertiary/aromatic N) is 2. The summed E-state index contributed by atoms with van der Waals surface area (Å²) in [4.78, 5) is 54.1. The number of hydrogen-bond donors (Lipinski definition) is 1. The Hall–Kier alpha value is -2.90. The molecule has 0 saturated carbocycles. The predicted molar refractivity (Wildman–Crippen MR) is 135 cm³/mol. The molecule has 0 unspecified atom stereocenters. The first kappa shape index (κ1) is 26.7. The summed E-state index contributed by atoms with van der Waals surface area (Å²) in [5, 5.41) is 3.68. The Morgan fingerprint density at radius 2 is 1.57 bits per heavy atom. The lowest BCUT2D eigenvalue weighted by atomic mass is 10.1. The van der Waals surface area contributed by atoms with E-state index in [1.807, 2.05) is 13.8 Å². The molecule has 1 heterocycles. The van der Waals surface area contributed by atoms with Crippen molar-refractivity contribution in [1.82, 2.24) is 15.1 Å². The summed E-state index contributed by atoms with van der Waals surface area (Å²) in [5.41, 5.74) is 1.31. The van der Waals surface area contributed by atoms with Gasteiger partial charge in [-0.3, -0.25) is 24.1 Å². The maximum Gasteiger partial charge on any atom is 0.261 e. The zero-order valence-corrected chi connectivity index (χ0v) is 21.4. The second-order valence-corrected chi connectivity index (χ2v) is 9.16. The first-order valence-electron chi connectivity index (χ1n) is 11.7. The zero-order valence-electron chi connectivity index (χ0n) is 19.9. The number of rotatable bonds is 11. The fraction of sp³-hybridized carbons (Fsp3) is 0.385. The van der Waals surface area contributed by atoms with Crippen LogP contribution in [0.4, 0.5) is 0 Å². The van der Waals surface area contributed by atoms with Gasteiger partial charge in [-0.25, -0.2) is 0 Å². The molecular weight excluding hydrogens is 489 g/mol. The summed E-state index contributed by atoms with van der Waals surface area (Å²) in [6, 6.07) is 11.0. The van der Waals surface area contributed by atoms with Crippen LogP contribution in [0.25, 0.3) is 0 Å². The van der Waals surface area contributed by atoms with Gasteiger partial charge in [0.25, 0.3) is 11.8 Å². The van der Waals surface area contributed by atoms with Crippen molar-refractivity contribution in [3.8, 4) is 0 Å². The molecule has 0 fully saturated rings. The largest absolute Gasteiger partial charge is 0.354 e. The van der Waals surface area contributed by atoms with Gasteiger partial charge >= 0.3 is 0 Å². The Labute approximate surface area is 215 Å². The predicted octanol–water partition coefficient (Wildman–Crippen LogP) is 4.70. The van der Waals surface area contributed by atoms with Crippen molar-refractivity contribution < 1.29 is 19.2 Å². The van der Waals surface area contributed by atoms with Gasteiger partial charge < -0.3 is 10.2 Å². The lowest BCUT2D eigenvalue weighted by Crippen LogP contribution is -2.49. The molecule has 0 bridgehead atoms. The van der Waals surface area contributed by atoms with Gasteiger partial charge in [-0.15, -0.1) is 0 Å². The van der Waals surface area contributed by atoms with Crippen LogP contribution >= 0.6 is 23.2 Å². The summed E-state index contributed by atoms with van der Waals surface area (Å²) in [5.74, 6) is -1.24. The van der Waals surface area contributed by atoms with E-state index in [-0.39, 0.29) is 49.6 Å². The third-order valence-electron chi connectivity index (χ3n) is 5.98. The fourth-order valence-electron chi connectivity index (χ4n) is 4.11. The smallest absolute Gasteiger partial charge is 0.261 e. The average Bonchev–Trinajstić information content (AvgIpc) is 3.09. The van der Waals surface area contributed by atoms with Gasteiger partial charge in [0.2, 0.25) is 11.8 Å². The first-order chi connectivity index (χ1) is 16.8. The Bertz CT molecular complexity index is 1070. The number of amides is 4. The number of carbonyl (C=O) groups excluding carboxylic acids is 4. The summed E-state index contributed by atoms with van der Waals surface area (Å²) in [6.45, 7) is 4.47. The van der Waals surface area contributed by atoms with Crippen LogP contribution in [0.5, 0.6) is 0 Å². The lowest BCUT2D eigenvalue weighted by molar-refractivity contribution is -0.141. The minimum Gasteiger partial charge on any atom is -0.354 e. The molecule has 186 valence electrons. The maximum absolute atomic E-state index is 13.4. The van der Waals surface area contributed by atoms with Crippen LogP contribution in [-0.2, 0) is 16.1 Å². The number of imide groups is 1. The molecule has 7 nitrogen and oxygen atoms in total. The highest BCUT2D eigenvalue weighted by molar-refractivity contribution is 6.36. The molecule has 0 aliphatic carbocycles. The molecule has 1 N–H and O–H groups in total. The molecule has 3 rings (SSSR count). The van der Waals surface area contributed by atoms with Gasteiger partial charge in [-0.05, 0) is 43.5 Å². The quantitative estimate of drug-likeness (QED) is 0.437. The highest BCUT2D eigenvalue weighted by atomic mass is 35.5. The van der Waals surface area contributed by atoms with E-state index in [1.54, 1.807) is 42.5 Å². The van der Waals surface area contributed by atoms with Crippen LogP contribution < -0.4 is 5.32 Å². The third-order valence-corrected chi connectivity index (χ3v) is 6.68. The second-order valence-electron chi connectivity index (χ2n) is 8.35. The van der Waals surface area contributed by atoms with Crippen molar-refractivity contribution in [2.75, 3.05) is 13.1 Å². The van der Waals surface area contributed by atoms with Crippen molar-refractivity contribution in [2.24, 2.45) is 0 Å². The second kappa shape index (κ2) is 12.2. The van der Waals surface area contributed by atoms with E-state index in [0.29, 0.717) is 39.7 Å². The van der Waals surface area contributed by atoms with E-state index in [4.69, 9.17) is 23.2 Å². The first-order valence-corrected chi connectivity index (χ1v) is 12.5. The average molecular weight is 518 g/mol. The topological polar surface area (TPSA) is 86.8 Å².